The summed E-state index contributed by atoms with van der Waals surface area (Å²) in [5.41, 5.74) is 0.619. The largest absolute Gasteiger partial charge is 0.468 e. The molecule has 0 saturated heterocycles. The van der Waals surface area contributed by atoms with E-state index in [0.717, 1.165) is 6.54 Å². The Bertz CT molecular complexity index is 328. The molecule has 0 amide bonds. The van der Waals surface area contributed by atoms with E-state index in [-0.39, 0.29) is 5.88 Å². The Labute approximate surface area is 91.6 Å². The van der Waals surface area contributed by atoms with Crippen LogP contribution in [-0.4, -0.2) is 24.3 Å². The lowest BCUT2D eigenvalue weighted by molar-refractivity contribution is -0.154. The van der Waals surface area contributed by atoms with Gasteiger partial charge in [0.05, 0.1) is 0 Å². The van der Waals surface area contributed by atoms with Crippen LogP contribution in [0.5, 0.6) is 5.88 Å². The Morgan fingerprint density at radius 2 is 2.19 bits per heavy atom. The first-order valence-electron chi connectivity index (χ1n) is 4.87. The summed E-state index contributed by atoms with van der Waals surface area (Å²) in [7, 11) is 0. The maximum absolute atomic E-state index is 12.0. The lowest BCUT2D eigenvalue weighted by Gasteiger charge is -2.11. The van der Waals surface area contributed by atoms with Crippen LogP contribution in [0.1, 0.15) is 12.5 Å². The van der Waals surface area contributed by atoms with Gasteiger partial charge in [0.15, 0.2) is 6.61 Å². The molecular weight excluding hydrogens is 221 g/mol. The minimum absolute atomic E-state index is 0.0285. The lowest BCUT2D eigenvalue weighted by Crippen LogP contribution is -2.21. The molecule has 0 bridgehead atoms. The van der Waals surface area contributed by atoms with Crippen molar-refractivity contribution >= 4 is 0 Å². The van der Waals surface area contributed by atoms with Crippen molar-refractivity contribution in [2.45, 2.75) is 19.6 Å². The predicted octanol–water partition coefficient (Wildman–Crippen LogP) is 2.13. The predicted molar refractivity (Wildman–Crippen MR) is 53.2 cm³/mol. The molecule has 6 heteroatoms. The van der Waals surface area contributed by atoms with Crippen molar-refractivity contribution in [3.8, 4) is 5.88 Å². The normalized spacial score (nSPS) is 11.5. The number of nitrogens with zero attached hydrogens (tertiary/aromatic N) is 1. The summed E-state index contributed by atoms with van der Waals surface area (Å²) in [6.07, 6.45) is -2.94. The van der Waals surface area contributed by atoms with E-state index in [9.17, 15) is 13.2 Å². The molecule has 1 rings (SSSR count). The molecule has 0 saturated carbocycles. The zero-order valence-electron chi connectivity index (χ0n) is 8.84. The van der Waals surface area contributed by atoms with Crippen LogP contribution in [-0.2, 0) is 6.54 Å². The third kappa shape index (κ3) is 4.48. The van der Waals surface area contributed by atoms with E-state index in [4.69, 9.17) is 0 Å². The molecule has 1 heterocycles. The number of alkyl halides is 3. The van der Waals surface area contributed by atoms with Gasteiger partial charge in [0, 0.05) is 18.3 Å². The van der Waals surface area contributed by atoms with E-state index in [0.29, 0.717) is 12.1 Å². The van der Waals surface area contributed by atoms with Gasteiger partial charge in [-0.1, -0.05) is 13.0 Å². The molecule has 3 nitrogen and oxygen atoms in total. The van der Waals surface area contributed by atoms with Crippen molar-refractivity contribution in [3.63, 3.8) is 0 Å². The molecule has 0 spiro atoms. The number of ether oxygens (including phenoxy) is 1. The summed E-state index contributed by atoms with van der Waals surface area (Å²) >= 11 is 0. The van der Waals surface area contributed by atoms with E-state index in [2.05, 4.69) is 15.0 Å². The molecule has 1 aromatic rings. The number of halogens is 3. The molecule has 0 aliphatic heterocycles. The second-order valence-electron chi connectivity index (χ2n) is 3.15. The average molecular weight is 234 g/mol. The van der Waals surface area contributed by atoms with Crippen LogP contribution < -0.4 is 10.1 Å². The number of nitrogens with one attached hydrogen (secondary N) is 1. The Hall–Kier alpha value is -1.30. The number of pyridine rings is 1. The van der Waals surface area contributed by atoms with E-state index in [1.165, 1.54) is 6.20 Å². The van der Waals surface area contributed by atoms with Crippen LogP contribution in [0.4, 0.5) is 13.2 Å². The van der Waals surface area contributed by atoms with Gasteiger partial charge in [-0.05, 0) is 12.6 Å². The molecule has 0 radical (unpaired) electrons. The highest BCUT2D eigenvalue weighted by Gasteiger charge is 2.29. The second kappa shape index (κ2) is 5.69. The number of hydrogen-bond donors (Lipinski definition) is 1. The highest BCUT2D eigenvalue weighted by Crippen LogP contribution is 2.19. The molecule has 0 atom stereocenters. The summed E-state index contributed by atoms with van der Waals surface area (Å²) < 4.78 is 40.5. The third-order valence-electron chi connectivity index (χ3n) is 1.79. The van der Waals surface area contributed by atoms with Gasteiger partial charge in [-0.2, -0.15) is 13.2 Å². The van der Waals surface area contributed by atoms with E-state index < -0.39 is 12.8 Å². The average Bonchev–Trinajstić information content (AvgIpc) is 2.23. The minimum atomic E-state index is -4.34. The maximum atomic E-state index is 12.0. The fourth-order valence-electron chi connectivity index (χ4n) is 1.10. The quantitative estimate of drug-likeness (QED) is 0.847. The van der Waals surface area contributed by atoms with Gasteiger partial charge in [0.2, 0.25) is 5.88 Å². The smallest absolute Gasteiger partial charge is 0.422 e. The van der Waals surface area contributed by atoms with Crippen molar-refractivity contribution < 1.29 is 17.9 Å². The molecule has 90 valence electrons. The van der Waals surface area contributed by atoms with Crippen LogP contribution in [0.3, 0.4) is 0 Å². The third-order valence-corrected chi connectivity index (χ3v) is 1.79. The van der Waals surface area contributed by atoms with Crippen molar-refractivity contribution in [2.24, 2.45) is 0 Å². The summed E-state index contributed by atoms with van der Waals surface area (Å²) in [5.74, 6) is 0.0285. The molecule has 0 aliphatic carbocycles. The van der Waals surface area contributed by atoms with Crippen LogP contribution in [0, 0.1) is 0 Å². The molecule has 0 aliphatic rings. The van der Waals surface area contributed by atoms with Crippen LogP contribution >= 0.6 is 0 Å². The first-order chi connectivity index (χ1) is 7.53. The molecule has 0 fully saturated rings. The monoisotopic (exact) mass is 234 g/mol. The second-order valence-corrected chi connectivity index (χ2v) is 3.15. The van der Waals surface area contributed by atoms with Crippen molar-refractivity contribution in [1.29, 1.82) is 0 Å². The van der Waals surface area contributed by atoms with Gasteiger partial charge in [0.1, 0.15) is 0 Å². The number of aromatic nitrogens is 1. The first kappa shape index (κ1) is 12.8. The van der Waals surface area contributed by atoms with Crippen LogP contribution in [0.15, 0.2) is 18.3 Å². The van der Waals surface area contributed by atoms with E-state index in [1.54, 1.807) is 12.1 Å². The molecule has 1 aromatic heterocycles. The van der Waals surface area contributed by atoms with Crippen LogP contribution in [0.2, 0.25) is 0 Å². The Kier molecular flexibility index (Phi) is 4.54. The van der Waals surface area contributed by atoms with Crippen molar-refractivity contribution in [1.82, 2.24) is 10.3 Å². The number of hydrogen-bond acceptors (Lipinski definition) is 3. The molecule has 1 N–H and O–H groups in total. The highest BCUT2D eigenvalue weighted by atomic mass is 19.4. The fourth-order valence-corrected chi connectivity index (χ4v) is 1.10. The highest BCUT2D eigenvalue weighted by molar-refractivity contribution is 5.25. The lowest BCUT2D eigenvalue weighted by atomic mass is 10.2. The summed E-state index contributed by atoms with van der Waals surface area (Å²) in [5, 5.41) is 3.00. The SMILES string of the molecule is CCNCc1cccnc1OCC(F)(F)F. The Morgan fingerprint density at radius 1 is 1.44 bits per heavy atom. The van der Waals surface area contributed by atoms with E-state index >= 15 is 0 Å². The Balaban J connectivity index is 2.63. The fraction of sp³-hybridized carbons (Fsp3) is 0.500. The maximum Gasteiger partial charge on any atom is 0.422 e. The van der Waals surface area contributed by atoms with Crippen LogP contribution in [0.25, 0.3) is 0 Å². The van der Waals surface area contributed by atoms with Gasteiger partial charge in [0.25, 0.3) is 0 Å². The van der Waals surface area contributed by atoms with Crippen molar-refractivity contribution in [3.05, 3.63) is 23.9 Å². The minimum Gasteiger partial charge on any atom is -0.468 e. The van der Waals surface area contributed by atoms with Crippen molar-refractivity contribution in [2.75, 3.05) is 13.2 Å². The van der Waals surface area contributed by atoms with E-state index in [1.807, 2.05) is 6.92 Å². The van der Waals surface area contributed by atoms with Gasteiger partial charge >= 0.3 is 6.18 Å². The number of rotatable bonds is 5. The zero-order valence-corrected chi connectivity index (χ0v) is 8.84. The molecule has 0 unspecified atom stereocenters. The Morgan fingerprint density at radius 3 is 2.81 bits per heavy atom. The van der Waals surface area contributed by atoms with Gasteiger partial charge in [-0.3, -0.25) is 0 Å². The summed E-state index contributed by atoms with van der Waals surface area (Å²) in [6.45, 7) is 1.76. The summed E-state index contributed by atoms with van der Waals surface area (Å²) in [4.78, 5) is 3.77. The molecule has 0 aromatic carbocycles. The topological polar surface area (TPSA) is 34.2 Å². The summed E-state index contributed by atoms with van der Waals surface area (Å²) in [6, 6.07) is 3.34. The van der Waals surface area contributed by atoms with Gasteiger partial charge < -0.3 is 10.1 Å². The zero-order chi connectivity index (χ0) is 12.0. The van der Waals surface area contributed by atoms with Gasteiger partial charge in [-0.15, -0.1) is 0 Å². The first-order valence-corrected chi connectivity index (χ1v) is 4.87. The van der Waals surface area contributed by atoms with Gasteiger partial charge in [-0.25, -0.2) is 4.98 Å². The molecular formula is C10H13F3N2O. The molecule has 16 heavy (non-hydrogen) atoms. The standard InChI is InChI=1S/C10H13F3N2O/c1-2-14-6-8-4-3-5-15-9(8)16-7-10(11,12)13/h3-5,14H,2,6-7H2,1H3.